The smallest absolute Gasteiger partial charge is 0.344 e. The molecule has 0 heterocycles. The number of hydrogen-bond acceptors (Lipinski definition) is 5. The first-order chi connectivity index (χ1) is 13.1. The summed E-state index contributed by atoms with van der Waals surface area (Å²) in [6.45, 7) is 3.91. The third kappa shape index (κ3) is 7.19. The largest absolute Gasteiger partial charge is 0.497 e. The van der Waals surface area contributed by atoms with Gasteiger partial charge in [0.05, 0.1) is 13.7 Å². The highest BCUT2D eigenvalue weighted by molar-refractivity contribution is 5.72. The van der Waals surface area contributed by atoms with E-state index in [4.69, 9.17) is 19.3 Å². The minimum atomic E-state index is -0.946. The molecular weight excluding hydrogens is 346 g/mol. The third-order valence-corrected chi connectivity index (χ3v) is 3.98. The van der Waals surface area contributed by atoms with Crippen LogP contribution >= 0.6 is 0 Å². The van der Waals surface area contributed by atoms with Crippen molar-refractivity contribution in [1.82, 2.24) is 5.32 Å². The molecule has 0 aromatic heterocycles. The fourth-order valence-electron chi connectivity index (χ4n) is 2.49. The minimum absolute atomic E-state index is 0.423. The van der Waals surface area contributed by atoms with Crippen LogP contribution in [0.15, 0.2) is 48.5 Å². The van der Waals surface area contributed by atoms with Crippen molar-refractivity contribution >= 4 is 5.97 Å². The molecule has 0 bridgehead atoms. The zero-order valence-corrected chi connectivity index (χ0v) is 15.8. The number of methoxy groups -OCH3 is 1. The Balaban J connectivity index is 1.67. The SMILES string of the molecule is CC[C@@H](Oc1cccc(CNCCCOc2ccc(OC)cc2)c1)C(=O)O. The number of carboxylic acids is 1. The maximum absolute atomic E-state index is 11.1. The highest BCUT2D eigenvalue weighted by Crippen LogP contribution is 2.17. The molecule has 6 nitrogen and oxygen atoms in total. The van der Waals surface area contributed by atoms with Gasteiger partial charge < -0.3 is 24.6 Å². The standard InChI is InChI=1S/C21H27NO5/c1-3-20(21(23)24)27-19-7-4-6-16(14-19)15-22-12-5-13-26-18-10-8-17(25-2)9-11-18/h4,6-11,14,20,22H,3,5,12-13,15H2,1-2H3,(H,23,24)/t20-/m1/s1. The number of benzene rings is 2. The lowest BCUT2D eigenvalue weighted by molar-refractivity contribution is -0.145. The Kier molecular flexibility index (Phi) is 8.45. The summed E-state index contributed by atoms with van der Waals surface area (Å²) in [5.41, 5.74) is 1.05. The molecule has 2 rings (SSSR count). The van der Waals surface area contributed by atoms with Crippen molar-refractivity contribution in [3.63, 3.8) is 0 Å². The third-order valence-electron chi connectivity index (χ3n) is 3.98. The number of carboxylic acid groups (broad SMARTS) is 1. The number of ether oxygens (including phenoxy) is 3. The fourth-order valence-corrected chi connectivity index (χ4v) is 2.49. The highest BCUT2D eigenvalue weighted by Gasteiger charge is 2.16. The summed E-state index contributed by atoms with van der Waals surface area (Å²) in [7, 11) is 1.64. The summed E-state index contributed by atoms with van der Waals surface area (Å²) in [5, 5.41) is 12.4. The molecule has 2 aromatic carbocycles. The van der Waals surface area contributed by atoms with Gasteiger partial charge in [-0.05, 0) is 61.3 Å². The van der Waals surface area contributed by atoms with Crippen LogP contribution < -0.4 is 19.5 Å². The molecule has 146 valence electrons. The molecule has 0 spiro atoms. The van der Waals surface area contributed by atoms with E-state index in [1.807, 2.05) is 42.5 Å². The Labute approximate surface area is 160 Å². The molecule has 0 fully saturated rings. The molecule has 27 heavy (non-hydrogen) atoms. The second-order valence-electron chi connectivity index (χ2n) is 6.05. The predicted octanol–water partition coefficient (Wildman–Crippen LogP) is 3.50. The maximum Gasteiger partial charge on any atom is 0.344 e. The Morgan fingerprint density at radius 3 is 2.52 bits per heavy atom. The van der Waals surface area contributed by atoms with Gasteiger partial charge in [-0.25, -0.2) is 4.79 Å². The van der Waals surface area contributed by atoms with Gasteiger partial charge in [-0.3, -0.25) is 0 Å². The van der Waals surface area contributed by atoms with E-state index >= 15 is 0 Å². The van der Waals surface area contributed by atoms with Gasteiger partial charge in [-0.15, -0.1) is 0 Å². The van der Waals surface area contributed by atoms with Crippen LogP contribution in [0.5, 0.6) is 17.2 Å². The van der Waals surface area contributed by atoms with E-state index in [2.05, 4.69) is 5.32 Å². The van der Waals surface area contributed by atoms with Gasteiger partial charge in [0.2, 0.25) is 0 Å². The molecule has 2 aromatic rings. The van der Waals surface area contributed by atoms with Gasteiger partial charge in [0.1, 0.15) is 17.2 Å². The van der Waals surface area contributed by atoms with Gasteiger partial charge in [-0.2, -0.15) is 0 Å². The van der Waals surface area contributed by atoms with Crippen LogP contribution in [0.1, 0.15) is 25.3 Å². The van der Waals surface area contributed by atoms with Crippen molar-refractivity contribution in [1.29, 1.82) is 0 Å². The van der Waals surface area contributed by atoms with E-state index in [0.29, 0.717) is 25.3 Å². The summed E-state index contributed by atoms with van der Waals surface area (Å²) < 4.78 is 16.3. The molecule has 0 unspecified atom stereocenters. The fraction of sp³-hybridized carbons (Fsp3) is 0.381. The van der Waals surface area contributed by atoms with Crippen LogP contribution in [-0.4, -0.2) is 37.4 Å². The zero-order valence-electron chi connectivity index (χ0n) is 15.8. The summed E-state index contributed by atoms with van der Waals surface area (Å²) >= 11 is 0. The molecule has 0 radical (unpaired) electrons. The van der Waals surface area contributed by atoms with Crippen molar-refractivity contribution in [3.8, 4) is 17.2 Å². The maximum atomic E-state index is 11.1. The lowest BCUT2D eigenvalue weighted by Crippen LogP contribution is -2.26. The molecule has 0 aliphatic heterocycles. The van der Waals surface area contributed by atoms with E-state index < -0.39 is 12.1 Å². The average Bonchev–Trinajstić information content (AvgIpc) is 2.69. The molecule has 0 saturated heterocycles. The van der Waals surface area contributed by atoms with E-state index in [0.717, 1.165) is 30.0 Å². The first-order valence-corrected chi connectivity index (χ1v) is 9.08. The average molecular weight is 373 g/mol. The van der Waals surface area contributed by atoms with E-state index in [1.165, 1.54) is 0 Å². The zero-order chi connectivity index (χ0) is 19.5. The Morgan fingerprint density at radius 2 is 1.85 bits per heavy atom. The molecule has 1 atom stereocenters. The summed E-state index contributed by atoms with van der Waals surface area (Å²) in [6.07, 6.45) is 0.480. The minimum Gasteiger partial charge on any atom is -0.497 e. The number of nitrogens with one attached hydrogen (secondary N) is 1. The van der Waals surface area contributed by atoms with Crippen LogP contribution in [-0.2, 0) is 11.3 Å². The van der Waals surface area contributed by atoms with Crippen molar-refractivity contribution in [3.05, 3.63) is 54.1 Å². The number of rotatable bonds is 12. The van der Waals surface area contributed by atoms with Crippen LogP contribution in [0.3, 0.4) is 0 Å². The molecule has 0 aliphatic carbocycles. The molecule has 0 aliphatic rings. The van der Waals surface area contributed by atoms with Gasteiger partial charge >= 0.3 is 5.97 Å². The lowest BCUT2D eigenvalue weighted by atomic mass is 10.2. The van der Waals surface area contributed by atoms with Crippen LogP contribution in [0.4, 0.5) is 0 Å². The topological polar surface area (TPSA) is 77.0 Å². The molecule has 6 heteroatoms. The Morgan fingerprint density at radius 1 is 1.11 bits per heavy atom. The second kappa shape index (κ2) is 11.1. The summed E-state index contributed by atoms with van der Waals surface area (Å²) in [5.74, 6) is 1.26. The molecule has 0 amide bonds. The normalized spacial score (nSPS) is 11.6. The molecule has 2 N–H and O–H groups in total. The molecule has 0 saturated carbocycles. The summed E-state index contributed by atoms with van der Waals surface area (Å²) in [4.78, 5) is 11.1. The number of aliphatic carboxylic acids is 1. The lowest BCUT2D eigenvalue weighted by Gasteiger charge is -2.14. The second-order valence-corrected chi connectivity index (χ2v) is 6.05. The number of carbonyl (C=O) groups is 1. The molecular formula is C21H27NO5. The summed E-state index contributed by atoms with van der Waals surface area (Å²) in [6, 6.07) is 15.0. The van der Waals surface area contributed by atoms with Crippen molar-refractivity contribution < 1.29 is 24.1 Å². The van der Waals surface area contributed by atoms with Gasteiger partial charge in [-0.1, -0.05) is 19.1 Å². The van der Waals surface area contributed by atoms with Gasteiger partial charge in [0.15, 0.2) is 6.10 Å². The van der Waals surface area contributed by atoms with Crippen molar-refractivity contribution in [2.75, 3.05) is 20.3 Å². The monoisotopic (exact) mass is 373 g/mol. The van der Waals surface area contributed by atoms with Crippen molar-refractivity contribution in [2.24, 2.45) is 0 Å². The van der Waals surface area contributed by atoms with Crippen LogP contribution in [0.25, 0.3) is 0 Å². The first-order valence-electron chi connectivity index (χ1n) is 9.08. The highest BCUT2D eigenvalue weighted by atomic mass is 16.5. The first kappa shape index (κ1) is 20.6. The quantitative estimate of drug-likeness (QED) is 0.555. The Hall–Kier alpha value is -2.73. The van der Waals surface area contributed by atoms with Gasteiger partial charge in [0, 0.05) is 6.54 Å². The van der Waals surface area contributed by atoms with E-state index in [9.17, 15) is 4.79 Å². The van der Waals surface area contributed by atoms with E-state index in [1.54, 1.807) is 20.1 Å². The predicted molar refractivity (Wildman–Crippen MR) is 104 cm³/mol. The van der Waals surface area contributed by atoms with Crippen LogP contribution in [0.2, 0.25) is 0 Å². The van der Waals surface area contributed by atoms with Crippen molar-refractivity contribution in [2.45, 2.75) is 32.4 Å². The Bertz CT molecular complexity index is 702. The van der Waals surface area contributed by atoms with E-state index in [-0.39, 0.29) is 0 Å². The van der Waals surface area contributed by atoms with Crippen LogP contribution in [0, 0.1) is 0 Å². The van der Waals surface area contributed by atoms with Gasteiger partial charge in [0.25, 0.3) is 0 Å². The number of hydrogen-bond donors (Lipinski definition) is 2.